The maximum atomic E-state index is 13.1. The number of fused-ring (bicyclic) bond motifs is 1. The maximum absolute atomic E-state index is 13.1. The Morgan fingerprint density at radius 3 is 2.89 bits per heavy atom. The quantitative estimate of drug-likeness (QED) is 0.823. The first-order valence-corrected chi connectivity index (χ1v) is 8.84. The van der Waals surface area contributed by atoms with Crippen molar-refractivity contribution in [3.8, 4) is 5.75 Å². The van der Waals surface area contributed by atoms with Crippen molar-refractivity contribution in [3.63, 3.8) is 0 Å². The third-order valence-electron chi connectivity index (χ3n) is 4.10. The highest BCUT2D eigenvalue weighted by molar-refractivity contribution is 6.30. The van der Waals surface area contributed by atoms with Gasteiger partial charge in [0.25, 0.3) is 5.91 Å². The van der Waals surface area contributed by atoms with Gasteiger partial charge in [0.05, 0.1) is 0 Å². The van der Waals surface area contributed by atoms with Crippen molar-refractivity contribution >= 4 is 23.5 Å². The summed E-state index contributed by atoms with van der Waals surface area (Å²) in [6.07, 6.45) is 0. The van der Waals surface area contributed by atoms with Crippen molar-refractivity contribution in [2.75, 3.05) is 19.7 Å². The van der Waals surface area contributed by atoms with Crippen LogP contribution in [0.25, 0.3) is 0 Å². The SMILES string of the molecule is O=C(NCCN1Cc2cc(Cl)ccc2OCC1=O)NCc1cccc(F)c1. The molecule has 3 amide bonds. The highest BCUT2D eigenvalue weighted by atomic mass is 35.5. The third kappa shape index (κ3) is 5.34. The number of carbonyl (C=O) groups is 2. The fourth-order valence-electron chi connectivity index (χ4n) is 2.74. The van der Waals surface area contributed by atoms with Crippen molar-refractivity contribution in [3.05, 3.63) is 64.4 Å². The number of carbonyl (C=O) groups excluding carboxylic acids is 2. The summed E-state index contributed by atoms with van der Waals surface area (Å²) in [5.74, 6) is 0.123. The van der Waals surface area contributed by atoms with E-state index in [-0.39, 0.29) is 37.5 Å². The number of hydrogen-bond donors (Lipinski definition) is 2. The van der Waals surface area contributed by atoms with E-state index in [0.717, 1.165) is 5.56 Å². The molecule has 3 rings (SSSR count). The second-order valence-electron chi connectivity index (χ2n) is 6.10. The lowest BCUT2D eigenvalue weighted by Gasteiger charge is -2.20. The Bertz CT molecular complexity index is 847. The van der Waals surface area contributed by atoms with Crippen LogP contribution < -0.4 is 15.4 Å². The van der Waals surface area contributed by atoms with Crippen LogP contribution in [0.3, 0.4) is 0 Å². The van der Waals surface area contributed by atoms with Gasteiger partial charge in [-0.3, -0.25) is 4.79 Å². The topological polar surface area (TPSA) is 70.7 Å². The second-order valence-corrected chi connectivity index (χ2v) is 6.53. The molecule has 0 saturated heterocycles. The molecule has 1 aliphatic rings. The summed E-state index contributed by atoms with van der Waals surface area (Å²) in [5.41, 5.74) is 1.49. The summed E-state index contributed by atoms with van der Waals surface area (Å²) >= 11 is 6.01. The van der Waals surface area contributed by atoms with Crippen LogP contribution in [0.15, 0.2) is 42.5 Å². The van der Waals surface area contributed by atoms with Gasteiger partial charge in [0.2, 0.25) is 0 Å². The lowest BCUT2D eigenvalue weighted by molar-refractivity contribution is -0.133. The number of halogens is 2. The zero-order valence-electron chi connectivity index (χ0n) is 14.5. The number of nitrogens with zero attached hydrogens (tertiary/aromatic N) is 1. The van der Waals surface area contributed by atoms with E-state index in [1.165, 1.54) is 12.1 Å². The molecule has 0 saturated carbocycles. The first-order chi connectivity index (χ1) is 13.0. The molecular weight excluding hydrogens is 373 g/mol. The molecule has 1 aliphatic heterocycles. The first kappa shape index (κ1) is 19.0. The maximum Gasteiger partial charge on any atom is 0.315 e. The minimum absolute atomic E-state index is 0.0552. The summed E-state index contributed by atoms with van der Waals surface area (Å²) in [7, 11) is 0. The lowest BCUT2D eigenvalue weighted by atomic mass is 10.2. The van der Waals surface area contributed by atoms with E-state index in [1.54, 1.807) is 35.2 Å². The van der Waals surface area contributed by atoms with Crippen molar-refractivity contribution < 1.29 is 18.7 Å². The average molecular weight is 392 g/mol. The van der Waals surface area contributed by atoms with Gasteiger partial charge in [0.15, 0.2) is 6.61 Å². The van der Waals surface area contributed by atoms with Gasteiger partial charge in [-0.1, -0.05) is 23.7 Å². The first-order valence-electron chi connectivity index (χ1n) is 8.46. The van der Waals surface area contributed by atoms with Crippen molar-refractivity contribution in [1.29, 1.82) is 0 Å². The second kappa shape index (κ2) is 8.73. The molecule has 0 aromatic heterocycles. The number of nitrogens with one attached hydrogen (secondary N) is 2. The molecule has 27 heavy (non-hydrogen) atoms. The molecular formula is C19H19ClFN3O3. The Morgan fingerprint density at radius 1 is 1.22 bits per heavy atom. The number of ether oxygens (including phenoxy) is 1. The predicted octanol–water partition coefficient (Wildman–Crippen LogP) is 2.70. The Balaban J connectivity index is 1.47. The van der Waals surface area contributed by atoms with Gasteiger partial charge < -0.3 is 20.3 Å². The highest BCUT2D eigenvalue weighted by Crippen LogP contribution is 2.26. The van der Waals surface area contributed by atoms with Gasteiger partial charge in [0.1, 0.15) is 11.6 Å². The van der Waals surface area contributed by atoms with E-state index in [1.807, 2.05) is 0 Å². The minimum Gasteiger partial charge on any atom is -0.483 e. The number of amides is 3. The van der Waals surface area contributed by atoms with Crippen LogP contribution in [-0.2, 0) is 17.9 Å². The van der Waals surface area contributed by atoms with E-state index in [0.29, 0.717) is 29.4 Å². The van der Waals surface area contributed by atoms with E-state index < -0.39 is 0 Å². The summed E-state index contributed by atoms with van der Waals surface area (Å²) in [5, 5.41) is 5.91. The minimum atomic E-state index is -0.388. The van der Waals surface area contributed by atoms with Gasteiger partial charge >= 0.3 is 6.03 Å². The van der Waals surface area contributed by atoms with Gasteiger partial charge in [-0.15, -0.1) is 0 Å². The largest absolute Gasteiger partial charge is 0.483 e. The molecule has 0 spiro atoms. The van der Waals surface area contributed by atoms with Crippen LogP contribution in [0, 0.1) is 5.82 Å². The third-order valence-corrected chi connectivity index (χ3v) is 4.33. The van der Waals surface area contributed by atoms with Crippen molar-refractivity contribution in [2.45, 2.75) is 13.1 Å². The Morgan fingerprint density at radius 2 is 2.07 bits per heavy atom. The van der Waals surface area contributed by atoms with E-state index in [2.05, 4.69) is 10.6 Å². The summed E-state index contributed by atoms with van der Waals surface area (Å²) in [6.45, 7) is 1.13. The molecule has 0 bridgehead atoms. The summed E-state index contributed by atoms with van der Waals surface area (Å²) in [4.78, 5) is 25.7. The molecule has 142 valence electrons. The molecule has 0 aliphatic carbocycles. The fourth-order valence-corrected chi connectivity index (χ4v) is 2.93. The number of hydrogen-bond acceptors (Lipinski definition) is 3. The Labute approximate surface area is 161 Å². The standard InChI is InChI=1S/C19H19ClFN3O3/c20-15-4-5-17-14(9-15)11-24(18(25)12-27-17)7-6-22-19(26)23-10-13-2-1-3-16(21)8-13/h1-5,8-9H,6-7,10-12H2,(H2,22,23,26). The van der Waals surface area contributed by atoms with Gasteiger partial charge in [-0.05, 0) is 35.9 Å². The Hall–Kier alpha value is -2.80. The number of benzene rings is 2. The van der Waals surface area contributed by atoms with E-state index >= 15 is 0 Å². The monoisotopic (exact) mass is 391 g/mol. The number of rotatable bonds is 5. The molecule has 8 heteroatoms. The van der Waals surface area contributed by atoms with Crippen molar-refractivity contribution in [1.82, 2.24) is 15.5 Å². The van der Waals surface area contributed by atoms with Crippen LogP contribution in [0.4, 0.5) is 9.18 Å². The average Bonchev–Trinajstić information content (AvgIpc) is 2.79. The smallest absolute Gasteiger partial charge is 0.315 e. The molecule has 0 radical (unpaired) electrons. The van der Waals surface area contributed by atoms with E-state index in [4.69, 9.17) is 16.3 Å². The zero-order valence-corrected chi connectivity index (χ0v) is 15.3. The molecule has 2 aromatic carbocycles. The zero-order chi connectivity index (χ0) is 19.2. The van der Waals surface area contributed by atoms with Crippen LogP contribution in [-0.4, -0.2) is 36.5 Å². The van der Waals surface area contributed by atoms with Gasteiger partial charge in [-0.25, -0.2) is 9.18 Å². The van der Waals surface area contributed by atoms with Crippen LogP contribution >= 0.6 is 11.6 Å². The molecule has 6 nitrogen and oxygen atoms in total. The molecule has 0 atom stereocenters. The predicted molar refractivity (Wildman–Crippen MR) is 99.0 cm³/mol. The number of urea groups is 1. The Kier molecular flexibility index (Phi) is 6.13. The van der Waals surface area contributed by atoms with E-state index in [9.17, 15) is 14.0 Å². The van der Waals surface area contributed by atoms with Crippen LogP contribution in [0.2, 0.25) is 5.02 Å². The molecule has 0 unspecified atom stereocenters. The van der Waals surface area contributed by atoms with Gasteiger partial charge in [0, 0.05) is 36.8 Å². The fraction of sp³-hybridized carbons (Fsp3) is 0.263. The lowest BCUT2D eigenvalue weighted by Crippen LogP contribution is -2.42. The normalized spacial score (nSPS) is 13.4. The molecule has 2 aromatic rings. The molecule has 1 heterocycles. The van der Waals surface area contributed by atoms with Gasteiger partial charge in [-0.2, -0.15) is 0 Å². The highest BCUT2D eigenvalue weighted by Gasteiger charge is 2.21. The van der Waals surface area contributed by atoms with Crippen molar-refractivity contribution in [2.24, 2.45) is 0 Å². The van der Waals surface area contributed by atoms with Crippen LogP contribution in [0.1, 0.15) is 11.1 Å². The summed E-state index contributed by atoms with van der Waals surface area (Å²) in [6, 6.07) is 10.8. The molecule has 2 N–H and O–H groups in total. The van der Waals surface area contributed by atoms with Crippen LogP contribution in [0.5, 0.6) is 5.75 Å². The molecule has 0 fully saturated rings. The summed E-state index contributed by atoms with van der Waals surface area (Å²) < 4.78 is 18.6.